The molecule has 0 aliphatic carbocycles. The Morgan fingerprint density at radius 1 is 0.964 bits per heavy atom. The average molecular weight is 417 g/mol. The molecule has 0 saturated heterocycles. The Balaban J connectivity index is 1.89. The van der Waals surface area contributed by atoms with Crippen LogP contribution in [0.2, 0.25) is 5.02 Å². The van der Waals surface area contributed by atoms with Gasteiger partial charge < -0.3 is 10.1 Å². The standard InChI is InChI=1S/C20H17ClN2O4S/c1-27-19-12-11-17(28(25,26)23-16-5-3-2-4-6-16)13-18(19)22-20(24)14-7-9-15(21)10-8-14/h2-13,23H,1H3,(H,22,24). The largest absolute Gasteiger partial charge is 0.495 e. The molecule has 0 bridgehead atoms. The van der Waals surface area contributed by atoms with E-state index < -0.39 is 15.9 Å². The van der Waals surface area contributed by atoms with Crippen LogP contribution in [-0.4, -0.2) is 21.4 Å². The first-order chi connectivity index (χ1) is 13.4. The third kappa shape index (κ3) is 4.62. The predicted molar refractivity (Wildman–Crippen MR) is 110 cm³/mol. The molecule has 0 spiro atoms. The fraction of sp³-hybridized carbons (Fsp3) is 0.0500. The van der Waals surface area contributed by atoms with Crippen LogP contribution in [-0.2, 0) is 10.0 Å². The molecule has 0 aromatic heterocycles. The molecular weight excluding hydrogens is 400 g/mol. The van der Waals surface area contributed by atoms with Crippen LogP contribution in [0.25, 0.3) is 0 Å². The quantitative estimate of drug-likeness (QED) is 0.623. The smallest absolute Gasteiger partial charge is 0.261 e. The molecule has 1 amide bonds. The molecule has 0 fully saturated rings. The van der Waals surface area contributed by atoms with Gasteiger partial charge in [-0.1, -0.05) is 29.8 Å². The zero-order valence-electron chi connectivity index (χ0n) is 14.8. The molecular formula is C20H17ClN2O4S. The molecule has 0 atom stereocenters. The van der Waals surface area contributed by atoms with E-state index in [-0.39, 0.29) is 10.6 Å². The van der Waals surface area contributed by atoms with Crippen molar-refractivity contribution >= 4 is 38.9 Å². The van der Waals surface area contributed by atoms with E-state index in [0.717, 1.165) is 0 Å². The molecule has 2 N–H and O–H groups in total. The van der Waals surface area contributed by atoms with Crippen LogP contribution in [0, 0.1) is 0 Å². The number of hydrogen-bond acceptors (Lipinski definition) is 4. The molecule has 3 aromatic rings. The number of amides is 1. The molecule has 0 unspecified atom stereocenters. The lowest BCUT2D eigenvalue weighted by molar-refractivity contribution is 0.102. The SMILES string of the molecule is COc1ccc(S(=O)(=O)Nc2ccccc2)cc1NC(=O)c1ccc(Cl)cc1. The van der Waals surface area contributed by atoms with Crippen molar-refractivity contribution in [2.75, 3.05) is 17.1 Å². The molecule has 3 rings (SSSR count). The van der Waals surface area contributed by atoms with E-state index in [0.29, 0.717) is 22.0 Å². The van der Waals surface area contributed by atoms with Crippen LogP contribution < -0.4 is 14.8 Å². The third-order valence-corrected chi connectivity index (χ3v) is 5.49. The molecule has 0 radical (unpaired) electrons. The minimum atomic E-state index is -3.84. The number of methoxy groups -OCH3 is 1. The molecule has 0 aliphatic rings. The highest BCUT2D eigenvalue weighted by Crippen LogP contribution is 2.29. The van der Waals surface area contributed by atoms with Crippen molar-refractivity contribution in [3.05, 3.63) is 83.4 Å². The molecule has 0 saturated carbocycles. The summed E-state index contributed by atoms with van der Waals surface area (Å²) in [7, 11) is -2.41. The minimum absolute atomic E-state index is 0.0106. The lowest BCUT2D eigenvalue weighted by Gasteiger charge is -2.13. The molecule has 28 heavy (non-hydrogen) atoms. The van der Waals surface area contributed by atoms with E-state index in [1.807, 2.05) is 0 Å². The van der Waals surface area contributed by atoms with Crippen molar-refractivity contribution in [1.29, 1.82) is 0 Å². The first-order valence-electron chi connectivity index (χ1n) is 8.22. The topological polar surface area (TPSA) is 84.5 Å². The first kappa shape index (κ1) is 19.7. The van der Waals surface area contributed by atoms with Gasteiger partial charge in [-0.25, -0.2) is 8.42 Å². The Hall–Kier alpha value is -3.03. The summed E-state index contributed by atoms with van der Waals surface area (Å²) in [5, 5.41) is 3.18. The van der Waals surface area contributed by atoms with Crippen LogP contribution in [0.3, 0.4) is 0 Å². The number of sulfonamides is 1. The van der Waals surface area contributed by atoms with Crippen molar-refractivity contribution in [3.8, 4) is 5.75 Å². The maximum Gasteiger partial charge on any atom is 0.261 e. The molecule has 0 aliphatic heterocycles. The second-order valence-corrected chi connectivity index (χ2v) is 7.91. The highest BCUT2D eigenvalue weighted by Gasteiger charge is 2.18. The van der Waals surface area contributed by atoms with Gasteiger partial charge in [-0.15, -0.1) is 0 Å². The normalized spacial score (nSPS) is 10.9. The lowest BCUT2D eigenvalue weighted by atomic mass is 10.2. The van der Waals surface area contributed by atoms with Crippen molar-refractivity contribution in [2.45, 2.75) is 4.90 Å². The summed E-state index contributed by atoms with van der Waals surface area (Å²) in [5.41, 5.74) is 1.05. The molecule has 144 valence electrons. The number of hydrogen-bond donors (Lipinski definition) is 2. The Morgan fingerprint density at radius 2 is 1.64 bits per heavy atom. The van der Waals surface area contributed by atoms with Gasteiger partial charge in [0.1, 0.15) is 5.75 Å². The third-order valence-electron chi connectivity index (χ3n) is 3.86. The van der Waals surface area contributed by atoms with Crippen molar-refractivity contribution in [2.24, 2.45) is 0 Å². The van der Waals surface area contributed by atoms with Gasteiger partial charge in [0, 0.05) is 16.3 Å². The highest BCUT2D eigenvalue weighted by atomic mass is 35.5. The molecule has 8 heteroatoms. The monoisotopic (exact) mass is 416 g/mol. The Bertz CT molecular complexity index is 1080. The Kier molecular flexibility index (Phi) is 5.87. The van der Waals surface area contributed by atoms with E-state index in [1.165, 1.54) is 25.3 Å². The van der Waals surface area contributed by atoms with Gasteiger partial charge in [-0.3, -0.25) is 9.52 Å². The number of carbonyl (C=O) groups is 1. The van der Waals surface area contributed by atoms with Gasteiger partial charge in [-0.2, -0.15) is 0 Å². The number of halogens is 1. The first-order valence-corrected chi connectivity index (χ1v) is 10.1. The van der Waals surface area contributed by atoms with E-state index in [1.54, 1.807) is 54.6 Å². The summed E-state index contributed by atoms with van der Waals surface area (Å²) in [6.07, 6.45) is 0. The maximum absolute atomic E-state index is 12.7. The number of carbonyl (C=O) groups excluding carboxylic acids is 1. The molecule has 3 aromatic carbocycles. The average Bonchev–Trinajstić information content (AvgIpc) is 2.69. The van der Waals surface area contributed by atoms with Crippen LogP contribution in [0.5, 0.6) is 5.75 Å². The molecule has 6 nitrogen and oxygen atoms in total. The lowest BCUT2D eigenvalue weighted by Crippen LogP contribution is -2.15. The number of nitrogens with one attached hydrogen (secondary N) is 2. The number of para-hydroxylation sites is 1. The predicted octanol–water partition coefficient (Wildman–Crippen LogP) is 4.40. The van der Waals surface area contributed by atoms with Crippen LogP contribution in [0.15, 0.2) is 77.7 Å². The Labute approximate surface area is 168 Å². The highest BCUT2D eigenvalue weighted by molar-refractivity contribution is 7.92. The van der Waals surface area contributed by atoms with Gasteiger partial charge in [0.05, 0.1) is 17.7 Å². The van der Waals surface area contributed by atoms with E-state index in [9.17, 15) is 13.2 Å². The summed E-state index contributed by atoms with van der Waals surface area (Å²) in [6, 6.07) is 19.1. The van der Waals surface area contributed by atoms with E-state index >= 15 is 0 Å². The van der Waals surface area contributed by atoms with Crippen molar-refractivity contribution in [1.82, 2.24) is 0 Å². The fourth-order valence-electron chi connectivity index (χ4n) is 2.47. The van der Waals surface area contributed by atoms with Crippen LogP contribution >= 0.6 is 11.6 Å². The second kappa shape index (κ2) is 8.33. The summed E-state index contributed by atoms with van der Waals surface area (Å²) >= 11 is 5.84. The van der Waals surface area contributed by atoms with Gasteiger partial charge in [-0.05, 0) is 54.6 Å². The van der Waals surface area contributed by atoms with Crippen LogP contribution in [0.1, 0.15) is 10.4 Å². The number of anilines is 2. The fourth-order valence-corrected chi connectivity index (χ4v) is 3.68. The minimum Gasteiger partial charge on any atom is -0.495 e. The van der Waals surface area contributed by atoms with E-state index in [4.69, 9.17) is 16.3 Å². The number of benzene rings is 3. The van der Waals surface area contributed by atoms with Gasteiger partial charge in [0.25, 0.3) is 15.9 Å². The summed E-state index contributed by atoms with van der Waals surface area (Å²) in [4.78, 5) is 12.5. The number of rotatable bonds is 6. The van der Waals surface area contributed by atoms with E-state index in [2.05, 4.69) is 10.0 Å². The maximum atomic E-state index is 12.7. The van der Waals surface area contributed by atoms with Crippen molar-refractivity contribution in [3.63, 3.8) is 0 Å². The zero-order chi connectivity index (χ0) is 20.1. The van der Waals surface area contributed by atoms with Crippen molar-refractivity contribution < 1.29 is 17.9 Å². The van der Waals surface area contributed by atoms with Gasteiger partial charge in [0.2, 0.25) is 0 Å². The van der Waals surface area contributed by atoms with Crippen LogP contribution in [0.4, 0.5) is 11.4 Å². The number of ether oxygens (including phenoxy) is 1. The van der Waals surface area contributed by atoms with Gasteiger partial charge >= 0.3 is 0 Å². The zero-order valence-corrected chi connectivity index (χ0v) is 16.4. The summed E-state index contributed by atoms with van der Waals surface area (Å²) < 4.78 is 33.1. The van der Waals surface area contributed by atoms with Gasteiger partial charge in [0.15, 0.2) is 0 Å². The Morgan fingerprint density at radius 3 is 2.29 bits per heavy atom. The summed E-state index contributed by atoms with van der Waals surface area (Å²) in [6.45, 7) is 0. The molecule has 0 heterocycles. The second-order valence-electron chi connectivity index (χ2n) is 5.79. The summed E-state index contributed by atoms with van der Waals surface area (Å²) in [5.74, 6) is -0.0819.